The van der Waals surface area contributed by atoms with Crippen molar-refractivity contribution in [2.45, 2.75) is 45.3 Å². The van der Waals surface area contributed by atoms with Crippen molar-refractivity contribution in [1.29, 1.82) is 5.26 Å². The first-order valence-corrected chi connectivity index (χ1v) is 11.3. The van der Waals surface area contributed by atoms with Gasteiger partial charge in [-0.2, -0.15) is 10.2 Å². The summed E-state index contributed by atoms with van der Waals surface area (Å²) in [4.78, 5) is 26.3. The molecule has 1 aliphatic heterocycles. The molecule has 8 nitrogen and oxygen atoms in total. The van der Waals surface area contributed by atoms with E-state index >= 15 is 0 Å². The van der Waals surface area contributed by atoms with Crippen LogP contribution in [0.15, 0.2) is 41.2 Å². The largest absolute Gasteiger partial charge is 0.497 e. The number of ether oxygens (including phenoxy) is 1. The molecule has 0 N–H and O–H groups in total. The van der Waals surface area contributed by atoms with Crippen molar-refractivity contribution in [3.8, 4) is 11.8 Å². The highest BCUT2D eigenvalue weighted by Crippen LogP contribution is 2.32. The van der Waals surface area contributed by atoms with Gasteiger partial charge in [0.15, 0.2) is 5.82 Å². The number of rotatable bonds is 5. The van der Waals surface area contributed by atoms with Crippen LogP contribution in [0.5, 0.6) is 5.75 Å². The Bertz CT molecular complexity index is 1250. The highest BCUT2D eigenvalue weighted by Gasteiger charge is 2.35. The Labute approximate surface area is 194 Å². The Morgan fingerprint density at radius 3 is 2.55 bits per heavy atom. The average molecular weight is 447 g/mol. The third kappa shape index (κ3) is 4.16. The van der Waals surface area contributed by atoms with Gasteiger partial charge in [0.1, 0.15) is 23.0 Å². The predicted octanol–water partition coefficient (Wildman–Crippen LogP) is 3.26. The molecule has 2 aromatic heterocycles. The molecule has 0 bridgehead atoms. The summed E-state index contributed by atoms with van der Waals surface area (Å²) in [5, 5.41) is 9.36. The fourth-order valence-electron chi connectivity index (χ4n) is 4.74. The minimum atomic E-state index is -0.321. The lowest BCUT2D eigenvalue weighted by Gasteiger charge is -2.48. The third-order valence-corrected chi connectivity index (χ3v) is 6.77. The summed E-state index contributed by atoms with van der Waals surface area (Å²) in [6, 6.07) is 14.4. The molecule has 0 spiro atoms. The molecule has 4 rings (SSSR count). The lowest BCUT2D eigenvalue weighted by Crippen LogP contribution is -2.58. The Hall–Kier alpha value is -3.44. The van der Waals surface area contributed by atoms with E-state index in [0.29, 0.717) is 22.5 Å². The molecule has 1 aliphatic rings. The maximum absolute atomic E-state index is 12.6. The minimum Gasteiger partial charge on any atom is -0.497 e. The Morgan fingerprint density at radius 2 is 1.91 bits per heavy atom. The fourth-order valence-corrected chi connectivity index (χ4v) is 4.74. The number of aromatic nitrogens is 3. The summed E-state index contributed by atoms with van der Waals surface area (Å²) in [6.45, 7) is 8.13. The molecule has 8 heteroatoms. The average Bonchev–Trinajstić information content (AvgIpc) is 2.85. The molecule has 33 heavy (non-hydrogen) atoms. The van der Waals surface area contributed by atoms with Crippen LogP contribution >= 0.6 is 0 Å². The summed E-state index contributed by atoms with van der Waals surface area (Å²) >= 11 is 0. The van der Waals surface area contributed by atoms with Gasteiger partial charge in [0.05, 0.1) is 12.6 Å². The van der Waals surface area contributed by atoms with Gasteiger partial charge in [-0.15, -0.1) is 0 Å². The van der Waals surface area contributed by atoms with Crippen molar-refractivity contribution >= 4 is 16.9 Å². The number of nitriles is 1. The van der Waals surface area contributed by atoms with Crippen molar-refractivity contribution in [2.24, 2.45) is 7.05 Å². The van der Waals surface area contributed by atoms with E-state index in [1.165, 1.54) is 10.1 Å². The van der Waals surface area contributed by atoms with Crippen LogP contribution in [-0.2, 0) is 7.05 Å². The summed E-state index contributed by atoms with van der Waals surface area (Å²) < 4.78 is 6.79. The van der Waals surface area contributed by atoms with Gasteiger partial charge in [-0.05, 0) is 50.1 Å². The number of methoxy groups -OCH3 is 1. The standard InChI is InChI=1S/C25H30N6O2/c1-6-20-15-30(16(2)14-31(20)17(3)18-7-10-21(33-5)11-8-18)24-23-22(29(4)25(32)28-24)12-9-19(13-26)27-23/h7-12,16-17,20H,6,14-15H2,1-5H3. The van der Waals surface area contributed by atoms with E-state index in [-0.39, 0.29) is 23.8 Å². The number of benzene rings is 1. The third-order valence-electron chi connectivity index (χ3n) is 6.77. The van der Waals surface area contributed by atoms with E-state index in [1.54, 1.807) is 26.3 Å². The molecule has 0 amide bonds. The van der Waals surface area contributed by atoms with Crippen LogP contribution in [0.1, 0.15) is 44.5 Å². The predicted molar refractivity (Wildman–Crippen MR) is 128 cm³/mol. The van der Waals surface area contributed by atoms with E-state index in [9.17, 15) is 10.1 Å². The van der Waals surface area contributed by atoms with Gasteiger partial charge in [-0.25, -0.2) is 9.78 Å². The van der Waals surface area contributed by atoms with E-state index in [0.717, 1.165) is 25.3 Å². The second kappa shape index (κ2) is 9.20. The van der Waals surface area contributed by atoms with E-state index in [4.69, 9.17) is 4.74 Å². The topological polar surface area (TPSA) is 87.3 Å². The smallest absolute Gasteiger partial charge is 0.349 e. The Kier molecular flexibility index (Phi) is 6.34. The Morgan fingerprint density at radius 1 is 1.18 bits per heavy atom. The Balaban J connectivity index is 1.69. The first kappa shape index (κ1) is 22.7. The van der Waals surface area contributed by atoms with Gasteiger partial charge in [-0.3, -0.25) is 9.47 Å². The minimum absolute atomic E-state index is 0.115. The van der Waals surface area contributed by atoms with Crippen molar-refractivity contribution in [3.63, 3.8) is 0 Å². The van der Waals surface area contributed by atoms with Gasteiger partial charge in [0.2, 0.25) is 0 Å². The molecule has 3 aromatic rings. The molecule has 0 radical (unpaired) electrons. The monoisotopic (exact) mass is 446 g/mol. The van der Waals surface area contributed by atoms with Gasteiger partial charge in [-0.1, -0.05) is 19.1 Å². The maximum Gasteiger partial charge on any atom is 0.349 e. The molecule has 3 heterocycles. The van der Waals surface area contributed by atoms with Crippen molar-refractivity contribution in [1.82, 2.24) is 19.4 Å². The van der Waals surface area contributed by atoms with Gasteiger partial charge < -0.3 is 9.64 Å². The number of pyridine rings is 1. The molecule has 3 unspecified atom stereocenters. The summed E-state index contributed by atoms with van der Waals surface area (Å²) in [5.74, 6) is 1.41. The second-order valence-electron chi connectivity index (χ2n) is 8.66. The number of fused-ring (bicyclic) bond motifs is 1. The summed E-state index contributed by atoms with van der Waals surface area (Å²) in [6.07, 6.45) is 0.962. The molecular formula is C25H30N6O2. The van der Waals surface area contributed by atoms with E-state index < -0.39 is 0 Å². The summed E-state index contributed by atoms with van der Waals surface area (Å²) in [5.41, 5.74) is 2.51. The van der Waals surface area contributed by atoms with Gasteiger partial charge in [0.25, 0.3) is 0 Å². The van der Waals surface area contributed by atoms with E-state index in [1.807, 2.05) is 12.1 Å². The molecule has 1 aromatic carbocycles. The highest BCUT2D eigenvalue weighted by atomic mass is 16.5. The number of aryl methyl sites for hydroxylation is 1. The fraction of sp³-hybridized carbons (Fsp3) is 0.440. The van der Waals surface area contributed by atoms with Crippen molar-refractivity contribution in [2.75, 3.05) is 25.1 Å². The van der Waals surface area contributed by atoms with Crippen molar-refractivity contribution in [3.05, 3.63) is 58.1 Å². The van der Waals surface area contributed by atoms with Crippen LogP contribution in [0.25, 0.3) is 11.0 Å². The molecule has 1 saturated heterocycles. The van der Waals surface area contributed by atoms with Crippen LogP contribution < -0.4 is 15.3 Å². The van der Waals surface area contributed by atoms with Crippen LogP contribution in [0.2, 0.25) is 0 Å². The molecule has 3 atom stereocenters. The normalized spacial score (nSPS) is 19.9. The van der Waals surface area contributed by atoms with Gasteiger partial charge >= 0.3 is 5.69 Å². The molecule has 172 valence electrons. The van der Waals surface area contributed by atoms with Crippen LogP contribution in [-0.4, -0.2) is 51.7 Å². The molecular weight excluding hydrogens is 416 g/mol. The lowest BCUT2D eigenvalue weighted by molar-refractivity contribution is 0.105. The second-order valence-corrected chi connectivity index (χ2v) is 8.66. The van der Waals surface area contributed by atoms with Crippen LogP contribution in [0, 0.1) is 11.3 Å². The number of piperazine rings is 1. The number of hydrogen-bond acceptors (Lipinski definition) is 7. The molecule has 0 saturated carbocycles. The van der Waals surface area contributed by atoms with E-state index in [2.05, 4.69) is 58.7 Å². The molecule has 1 fully saturated rings. The zero-order valence-electron chi connectivity index (χ0n) is 19.8. The van der Waals surface area contributed by atoms with Crippen molar-refractivity contribution < 1.29 is 4.74 Å². The molecule has 0 aliphatic carbocycles. The quantitative estimate of drug-likeness (QED) is 0.594. The highest BCUT2D eigenvalue weighted by molar-refractivity contribution is 5.86. The zero-order chi connectivity index (χ0) is 23.7. The lowest BCUT2D eigenvalue weighted by atomic mass is 9.98. The number of anilines is 1. The number of hydrogen-bond donors (Lipinski definition) is 0. The first-order chi connectivity index (χ1) is 15.9. The summed E-state index contributed by atoms with van der Waals surface area (Å²) in [7, 11) is 3.36. The van der Waals surface area contributed by atoms with Gasteiger partial charge in [0, 0.05) is 38.3 Å². The first-order valence-electron chi connectivity index (χ1n) is 11.3. The zero-order valence-corrected chi connectivity index (χ0v) is 19.8. The maximum atomic E-state index is 12.6. The van der Waals surface area contributed by atoms with Crippen LogP contribution in [0.3, 0.4) is 0 Å². The SMILES string of the molecule is CCC1CN(c2nc(=O)n(C)c3ccc(C#N)nc23)C(C)CN1C(C)c1ccc(OC)cc1. The number of nitrogens with zero attached hydrogens (tertiary/aromatic N) is 6. The van der Waals surface area contributed by atoms with Crippen LogP contribution in [0.4, 0.5) is 5.82 Å².